The fourth-order valence-corrected chi connectivity index (χ4v) is 3.33. The Kier molecular flexibility index (Phi) is 7.00. The van der Waals surface area contributed by atoms with Gasteiger partial charge in [0.05, 0.1) is 13.7 Å². The lowest BCUT2D eigenvalue weighted by Crippen LogP contribution is -2.47. The van der Waals surface area contributed by atoms with E-state index < -0.39 is 0 Å². The van der Waals surface area contributed by atoms with Gasteiger partial charge in [-0.3, -0.25) is 4.99 Å². The maximum atomic E-state index is 5.96. The zero-order valence-electron chi connectivity index (χ0n) is 16.9. The van der Waals surface area contributed by atoms with Gasteiger partial charge < -0.3 is 25.0 Å². The minimum Gasteiger partial charge on any atom is -0.497 e. The summed E-state index contributed by atoms with van der Waals surface area (Å²) in [6, 6.07) is 18.6. The van der Waals surface area contributed by atoms with Gasteiger partial charge in [-0.2, -0.15) is 0 Å². The number of nitrogens with one attached hydrogen (secondary N) is 2. The van der Waals surface area contributed by atoms with Crippen molar-refractivity contribution in [1.29, 1.82) is 0 Å². The summed E-state index contributed by atoms with van der Waals surface area (Å²) < 4.78 is 11.2. The van der Waals surface area contributed by atoms with Crippen LogP contribution in [-0.4, -0.2) is 51.9 Å². The van der Waals surface area contributed by atoms with Crippen LogP contribution in [0.2, 0.25) is 0 Å². The number of benzene rings is 2. The molecule has 1 saturated heterocycles. The van der Waals surface area contributed by atoms with Crippen molar-refractivity contribution in [2.24, 2.45) is 4.99 Å². The number of hydrogen-bond acceptors (Lipinski definition) is 4. The minimum atomic E-state index is -0.00458. The molecule has 3 rings (SSSR count). The standard InChI is InChI=1S/C22H30N4O2/c1-17(28-21-11-7-10-20(14-21)27-3)15-24-22(23-2)25-18-12-13-26(16-18)19-8-5-4-6-9-19/h4-11,14,17-18H,12-13,15-16H2,1-3H3,(H2,23,24,25). The Balaban J connectivity index is 1.44. The van der Waals surface area contributed by atoms with E-state index in [1.807, 2.05) is 31.2 Å². The largest absolute Gasteiger partial charge is 0.497 e. The van der Waals surface area contributed by atoms with Crippen LogP contribution in [0.5, 0.6) is 11.5 Å². The molecule has 2 unspecified atom stereocenters. The molecule has 0 aromatic heterocycles. The van der Waals surface area contributed by atoms with Crippen LogP contribution in [0.15, 0.2) is 59.6 Å². The molecular formula is C22H30N4O2. The summed E-state index contributed by atoms with van der Waals surface area (Å²) in [5, 5.41) is 6.89. The van der Waals surface area contributed by atoms with E-state index in [4.69, 9.17) is 9.47 Å². The molecule has 0 radical (unpaired) electrons. The number of para-hydroxylation sites is 1. The highest BCUT2D eigenvalue weighted by Crippen LogP contribution is 2.20. The Morgan fingerprint density at radius 1 is 1.18 bits per heavy atom. The minimum absolute atomic E-state index is 0.00458. The van der Waals surface area contributed by atoms with Gasteiger partial charge in [0, 0.05) is 37.9 Å². The summed E-state index contributed by atoms with van der Waals surface area (Å²) in [5.41, 5.74) is 1.27. The van der Waals surface area contributed by atoms with Crippen LogP contribution < -0.4 is 25.0 Å². The highest BCUT2D eigenvalue weighted by atomic mass is 16.5. The van der Waals surface area contributed by atoms with Gasteiger partial charge in [0.25, 0.3) is 0 Å². The quantitative estimate of drug-likeness (QED) is 0.570. The van der Waals surface area contributed by atoms with Crippen molar-refractivity contribution in [2.75, 3.05) is 38.7 Å². The third-order valence-electron chi connectivity index (χ3n) is 4.81. The molecule has 6 heteroatoms. The van der Waals surface area contributed by atoms with E-state index in [0.717, 1.165) is 37.0 Å². The van der Waals surface area contributed by atoms with Crippen molar-refractivity contribution in [3.63, 3.8) is 0 Å². The molecule has 2 aromatic carbocycles. The Labute approximate surface area is 167 Å². The maximum absolute atomic E-state index is 5.96. The molecule has 1 heterocycles. The van der Waals surface area contributed by atoms with E-state index in [1.165, 1.54) is 5.69 Å². The van der Waals surface area contributed by atoms with Crippen LogP contribution in [0.3, 0.4) is 0 Å². The van der Waals surface area contributed by atoms with Crippen molar-refractivity contribution in [1.82, 2.24) is 10.6 Å². The average molecular weight is 383 g/mol. The first-order chi connectivity index (χ1) is 13.7. The van der Waals surface area contributed by atoms with Gasteiger partial charge in [0.2, 0.25) is 0 Å². The Morgan fingerprint density at radius 3 is 2.71 bits per heavy atom. The summed E-state index contributed by atoms with van der Waals surface area (Å²) in [7, 11) is 3.45. The van der Waals surface area contributed by atoms with Crippen molar-refractivity contribution in [3.05, 3.63) is 54.6 Å². The first kappa shape index (κ1) is 19.9. The van der Waals surface area contributed by atoms with Crippen LogP contribution in [-0.2, 0) is 0 Å². The predicted octanol–water partition coefficient (Wildman–Crippen LogP) is 2.91. The molecule has 28 heavy (non-hydrogen) atoms. The maximum Gasteiger partial charge on any atom is 0.191 e. The van der Waals surface area contributed by atoms with E-state index >= 15 is 0 Å². The molecule has 150 valence electrons. The highest BCUT2D eigenvalue weighted by molar-refractivity contribution is 5.80. The van der Waals surface area contributed by atoms with E-state index in [9.17, 15) is 0 Å². The summed E-state index contributed by atoms with van der Waals surface area (Å²) in [5.74, 6) is 2.39. The molecule has 0 saturated carbocycles. The van der Waals surface area contributed by atoms with Gasteiger partial charge in [-0.25, -0.2) is 0 Å². The second-order valence-electron chi connectivity index (χ2n) is 6.97. The van der Waals surface area contributed by atoms with Crippen LogP contribution in [0.25, 0.3) is 0 Å². The van der Waals surface area contributed by atoms with Crippen molar-refractivity contribution >= 4 is 11.6 Å². The van der Waals surface area contributed by atoms with Crippen LogP contribution in [0.4, 0.5) is 5.69 Å². The van der Waals surface area contributed by atoms with Gasteiger partial charge in [-0.05, 0) is 37.6 Å². The smallest absolute Gasteiger partial charge is 0.191 e. The number of rotatable bonds is 7. The van der Waals surface area contributed by atoms with Gasteiger partial charge >= 0.3 is 0 Å². The number of hydrogen-bond donors (Lipinski definition) is 2. The van der Waals surface area contributed by atoms with Gasteiger partial charge in [-0.15, -0.1) is 0 Å². The molecule has 2 aromatic rings. The molecule has 2 atom stereocenters. The van der Waals surface area contributed by atoms with Gasteiger partial charge in [0.1, 0.15) is 17.6 Å². The zero-order chi connectivity index (χ0) is 19.8. The fraction of sp³-hybridized carbons (Fsp3) is 0.409. The number of methoxy groups -OCH3 is 1. The molecule has 0 spiro atoms. The topological polar surface area (TPSA) is 58.1 Å². The molecule has 1 aliphatic heterocycles. The van der Waals surface area contributed by atoms with Crippen LogP contribution in [0, 0.1) is 0 Å². The molecular weight excluding hydrogens is 352 g/mol. The van der Waals surface area contributed by atoms with Crippen molar-refractivity contribution < 1.29 is 9.47 Å². The Morgan fingerprint density at radius 2 is 1.96 bits per heavy atom. The third-order valence-corrected chi connectivity index (χ3v) is 4.81. The second kappa shape index (κ2) is 9.88. The molecule has 6 nitrogen and oxygen atoms in total. The Bertz CT molecular complexity index is 766. The summed E-state index contributed by atoms with van der Waals surface area (Å²) >= 11 is 0. The van der Waals surface area contributed by atoms with Crippen molar-refractivity contribution in [2.45, 2.75) is 25.5 Å². The molecule has 0 aliphatic carbocycles. The highest BCUT2D eigenvalue weighted by Gasteiger charge is 2.23. The van der Waals surface area contributed by atoms with Crippen LogP contribution >= 0.6 is 0 Å². The van der Waals surface area contributed by atoms with E-state index in [2.05, 4.69) is 50.9 Å². The monoisotopic (exact) mass is 382 g/mol. The molecule has 0 bridgehead atoms. The first-order valence-corrected chi connectivity index (χ1v) is 9.76. The first-order valence-electron chi connectivity index (χ1n) is 9.76. The SMILES string of the molecule is CN=C(NCC(C)Oc1cccc(OC)c1)NC1CCN(c2ccccc2)C1. The lowest BCUT2D eigenvalue weighted by Gasteiger charge is -2.21. The number of nitrogens with zero attached hydrogens (tertiary/aromatic N) is 2. The van der Waals surface area contributed by atoms with E-state index in [0.29, 0.717) is 12.6 Å². The Hall–Kier alpha value is -2.89. The molecule has 0 amide bonds. The second-order valence-corrected chi connectivity index (χ2v) is 6.97. The van der Waals surface area contributed by atoms with E-state index in [-0.39, 0.29) is 6.10 Å². The average Bonchev–Trinajstić information content (AvgIpc) is 3.20. The van der Waals surface area contributed by atoms with Gasteiger partial charge in [-0.1, -0.05) is 24.3 Å². The van der Waals surface area contributed by atoms with Crippen molar-refractivity contribution in [3.8, 4) is 11.5 Å². The molecule has 1 fully saturated rings. The normalized spacial score (nSPS) is 17.9. The van der Waals surface area contributed by atoms with Gasteiger partial charge in [0.15, 0.2) is 5.96 Å². The number of guanidine groups is 1. The number of ether oxygens (including phenoxy) is 2. The molecule has 1 aliphatic rings. The fourth-order valence-electron chi connectivity index (χ4n) is 3.33. The lowest BCUT2D eigenvalue weighted by atomic mass is 10.2. The molecule has 2 N–H and O–H groups in total. The summed E-state index contributed by atoms with van der Waals surface area (Å²) in [6.07, 6.45) is 1.08. The lowest BCUT2D eigenvalue weighted by molar-refractivity contribution is 0.223. The number of aliphatic imine (C=N–C) groups is 1. The zero-order valence-corrected chi connectivity index (χ0v) is 16.9. The third kappa shape index (κ3) is 5.55. The summed E-state index contributed by atoms with van der Waals surface area (Å²) in [6.45, 7) is 4.72. The van der Waals surface area contributed by atoms with Crippen LogP contribution in [0.1, 0.15) is 13.3 Å². The summed E-state index contributed by atoms with van der Waals surface area (Å²) in [4.78, 5) is 6.76. The predicted molar refractivity (Wildman–Crippen MR) is 115 cm³/mol. The van der Waals surface area contributed by atoms with E-state index in [1.54, 1.807) is 14.2 Å². The number of anilines is 1.